The number of allylic oxidation sites excluding steroid dienone is 1. The molecular formula is C30H23N7O5. The fourth-order valence-corrected chi connectivity index (χ4v) is 5.18. The largest absolute Gasteiger partial charge is 0.378 e. The summed E-state index contributed by atoms with van der Waals surface area (Å²) >= 11 is 0. The maximum absolute atomic E-state index is 13.3. The second-order valence-corrected chi connectivity index (χ2v) is 9.81. The average Bonchev–Trinajstić information content (AvgIpc) is 3.55. The summed E-state index contributed by atoms with van der Waals surface area (Å²) in [7, 11) is 0. The molecule has 5 heterocycles. The predicted octanol–water partition coefficient (Wildman–Crippen LogP) is 3.28. The SMILES string of the molecule is CC(=O)N1/C(=C/c2cc(On3nnc4cccnc43)c3cc(C(=O)N4CCOCC4)ccc3n2)C(=O)c2ccccc21. The van der Waals surface area contributed by atoms with Gasteiger partial charge >= 0.3 is 0 Å². The van der Waals surface area contributed by atoms with Crippen LogP contribution in [-0.2, 0) is 9.53 Å². The molecule has 2 amide bonds. The zero-order valence-electron chi connectivity index (χ0n) is 22.4. The molecule has 7 rings (SSSR count). The van der Waals surface area contributed by atoms with Crippen molar-refractivity contribution < 1.29 is 24.0 Å². The molecule has 0 saturated carbocycles. The predicted molar refractivity (Wildman–Crippen MR) is 152 cm³/mol. The van der Waals surface area contributed by atoms with Gasteiger partial charge in [0.2, 0.25) is 17.3 Å². The Balaban J connectivity index is 1.36. The molecule has 2 aromatic carbocycles. The lowest BCUT2D eigenvalue weighted by molar-refractivity contribution is -0.116. The van der Waals surface area contributed by atoms with Crippen LogP contribution in [0.1, 0.15) is 33.3 Å². The van der Waals surface area contributed by atoms with E-state index in [2.05, 4.69) is 15.3 Å². The third-order valence-corrected chi connectivity index (χ3v) is 7.16. The highest BCUT2D eigenvalue weighted by atomic mass is 16.7. The maximum atomic E-state index is 13.3. The normalized spacial score (nSPS) is 15.9. The van der Waals surface area contributed by atoms with Crippen LogP contribution in [0.25, 0.3) is 28.1 Å². The number of amides is 2. The zero-order chi connectivity index (χ0) is 28.8. The number of fused-ring (bicyclic) bond motifs is 3. The molecule has 3 aromatic heterocycles. The van der Waals surface area contributed by atoms with Crippen LogP contribution in [0.5, 0.6) is 5.75 Å². The number of ketones is 1. The molecule has 0 radical (unpaired) electrons. The monoisotopic (exact) mass is 561 g/mol. The highest BCUT2D eigenvalue weighted by Crippen LogP contribution is 2.36. The van der Waals surface area contributed by atoms with Crippen LogP contribution in [0, 0.1) is 0 Å². The molecule has 0 aliphatic carbocycles. The summed E-state index contributed by atoms with van der Waals surface area (Å²) in [6.07, 6.45) is 3.16. The molecular weight excluding hydrogens is 538 g/mol. The van der Waals surface area contributed by atoms with Gasteiger partial charge in [-0.05, 0) is 53.8 Å². The molecule has 0 atom stereocenters. The summed E-state index contributed by atoms with van der Waals surface area (Å²) < 4.78 is 5.39. The van der Waals surface area contributed by atoms with Crippen molar-refractivity contribution in [1.82, 2.24) is 30.0 Å². The first kappa shape index (κ1) is 25.5. The van der Waals surface area contributed by atoms with Gasteiger partial charge in [0.25, 0.3) is 5.91 Å². The molecule has 12 nitrogen and oxygen atoms in total. The van der Waals surface area contributed by atoms with Crippen LogP contribution < -0.4 is 9.74 Å². The van der Waals surface area contributed by atoms with Crippen molar-refractivity contribution in [1.29, 1.82) is 0 Å². The average molecular weight is 562 g/mol. The Morgan fingerprint density at radius 2 is 1.83 bits per heavy atom. The van der Waals surface area contributed by atoms with Crippen molar-refractivity contribution in [3.63, 3.8) is 0 Å². The minimum Gasteiger partial charge on any atom is -0.378 e. The minimum atomic E-state index is -0.303. The Morgan fingerprint density at radius 3 is 2.67 bits per heavy atom. The van der Waals surface area contributed by atoms with Gasteiger partial charge in [0.1, 0.15) is 5.52 Å². The van der Waals surface area contributed by atoms with Gasteiger partial charge in [0, 0.05) is 48.8 Å². The number of hydrogen-bond donors (Lipinski definition) is 0. The van der Waals surface area contributed by atoms with E-state index in [0.29, 0.717) is 76.6 Å². The van der Waals surface area contributed by atoms with Crippen molar-refractivity contribution in [2.24, 2.45) is 0 Å². The quantitative estimate of drug-likeness (QED) is 0.303. The number of carbonyl (C=O) groups is 3. The number of pyridine rings is 2. The number of Topliss-reactive ketones (excluding diaryl/α,β-unsaturated/α-hetero) is 1. The lowest BCUT2D eigenvalue weighted by Gasteiger charge is -2.27. The van der Waals surface area contributed by atoms with E-state index in [9.17, 15) is 14.4 Å². The summed E-state index contributed by atoms with van der Waals surface area (Å²) in [5, 5.41) is 8.73. The first-order valence-corrected chi connectivity index (χ1v) is 13.3. The molecule has 208 valence electrons. The number of para-hydroxylation sites is 1. The molecule has 0 N–H and O–H groups in total. The summed E-state index contributed by atoms with van der Waals surface area (Å²) in [6.45, 7) is 3.38. The maximum Gasteiger partial charge on any atom is 0.254 e. The van der Waals surface area contributed by atoms with E-state index in [1.807, 2.05) is 0 Å². The number of anilines is 1. The molecule has 12 heteroatoms. The summed E-state index contributed by atoms with van der Waals surface area (Å²) in [4.78, 5) is 58.8. The molecule has 2 aliphatic rings. The third kappa shape index (κ3) is 4.34. The molecule has 1 fully saturated rings. The molecule has 2 aliphatic heterocycles. The van der Waals surface area contributed by atoms with Crippen molar-refractivity contribution in [3.05, 3.63) is 89.4 Å². The van der Waals surface area contributed by atoms with E-state index >= 15 is 0 Å². The Hall–Kier alpha value is -5.49. The molecule has 0 unspecified atom stereocenters. The number of nitrogens with zero attached hydrogens (tertiary/aromatic N) is 7. The number of ether oxygens (including phenoxy) is 1. The Labute approximate surface area is 238 Å². The smallest absolute Gasteiger partial charge is 0.254 e. The van der Waals surface area contributed by atoms with Gasteiger partial charge in [-0.1, -0.05) is 17.0 Å². The molecule has 1 saturated heterocycles. The van der Waals surface area contributed by atoms with Crippen molar-refractivity contribution in [2.45, 2.75) is 6.92 Å². The Morgan fingerprint density at radius 1 is 1.00 bits per heavy atom. The summed E-state index contributed by atoms with van der Waals surface area (Å²) in [6, 6.07) is 17.2. The standard InChI is InChI=1S/C30H23N7O5/c1-18(38)36-25-7-3-2-5-21(25)28(39)26(36)16-20-17-27(42-37-29-24(33-34-37)6-4-10-31-29)22-15-19(8-9-23(22)32-20)30(40)35-11-13-41-14-12-35/h2-10,15-17H,11-14H2,1H3/b26-16+. The first-order chi connectivity index (χ1) is 20.5. The number of morpholine rings is 1. The highest BCUT2D eigenvalue weighted by molar-refractivity contribution is 6.26. The van der Waals surface area contributed by atoms with E-state index in [1.54, 1.807) is 77.8 Å². The second kappa shape index (κ2) is 10.2. The van der Waals surface area contributed by atoms with Crippen molar-refractivity contribution in [3.8, 4) is 5.75 Å². The molecule has 5 aromatic rings. The highest BCUT2D eigenvalue weighted by Gasteiger charge is 2.34. The zero-order valence-corrected chi connectivity index (χ0v) is 22.4. The number of hydrogen-bond acceptors (Lipinski definition) is 9. The van der Waals surface area contributed by atoms with Crippen molar-refractivity contribution in [2.75, 3.05) is 31.2 Å². The van der Waals surface area contributed by atoms with Gasteiger partial charge in [-0.3, -0.25) is 19.3 Å². The molecule has 0 bridgehead atoms. The van der Waals surface area contributed by atoms with Crippen LogP contribution in [0.3, 0.4) is 0 Å². The topological polar surface area (TPSA) is 133 Å². The number of carbonyl (C=O) groups excluding carboxylic acids is 3. The Bertz CT molecular complexity index is 1940. The second-order valence-electron chi connectivity index (χ2n) is 9.81. The minimum absolute atomic E-state index is 0.128. The van der Waals surface area contributed by atoms with Crippen LogP contribution in [0.2, 0.25) is 0 Å². The van der Waals surface area contributed by atoms with Gasteiger partial charge in [0.15, 0.2) is 5.75 Å². The van der Waals surface area contributed by atoms with Crippen LogP contribution in [0.15, 0.2) is 72.6 Å². The van der Waals surface area contributed by atoms with E-state index in [1.165, 1.54) is 16.7 Å². The van der Waals surface area contributed by atoms with E-state index < -0.39 is 0 Å². The van der Waals surface area contributed by atoms with Gasteiger partial charge in [-0.15, -0.1) is 5.10 Å². The van der Waals surface area contributed by atoms with E-state index in [0.717, 1.165) is 0 Å². The van der Waals surface area contributed by atoms with Crippen molar-refractivity contribution >= 4 is 51.4 Å². The van der Waals surface area contributed by atoms with Crippen LogP contribution in [-0.4, -0.2) is 73.9 Å². The number of benzene rings is 2. The van der Waals surface area contributed by atoms with Gasteiger partial charge in [-0.2, -0.15) is 0 Å². The number of aromatic nitrogens is 5. The number of rotatable bonds is 4. The first-order valence-electron chi connectivity index (χ1n) is 13.3. The van der Waals surface area contributed by atoms with E-state index in [-0.39, 0.29) is 23.3 Å². The van der Waals surface area contributed by atoms with Gasteiger partial charge in [-0.25, -0.2) is 9.97 Å². The summed E-state index contributed by atoms with van der Waals surface area (Å²) in [5.41, 5.74) is 3.39. The fourth-order valence-electron chi connectivity index (χ4n) is 5.18. The van der Waals surface area contributed by atoms with Gasteiger partial charge in [0.05, 0.1) is 35.8 Å². The van der Waals surface area contributed by atoms with Crippen LogP contribution >= 0.6 is 0 Å². The van der Waals surface area contributed by atoms with Gasteiger partial charge < -0.3 is 14.5 Å². The van der Waals surface area contributed by atoms with E-state index in [4.69, 9.17) is 14.6 Å². The lowest BCUT2D eigenvalue weighted by Crippen LogP contribution is -2.40. The third-order valence-electron chi connectivity index (χ3n) is 7.16. The Kier molecular flexibility index (Phi) is 6.16. The summed E-state index contributed by atoms with van der Waals surface area (Å²) in [5.74, 6) is -0.416. The lowest BCUT2D eigenvalue weighted by atomic mass is 10.1. The molecule has 0 spiro atoms. The molecule has 42 heavy (non-hydrogen) atoms. The fraction of sp³-hybridized carbons (Fsp3) is 0.167. The van der Waals surface area contributed by atoms with Crippen LogP contribution in [0.4, 0.5) is 5.69 Å².